The SMILES string of the molecule is CCCCCCCCC(=O)OCCOCCOCCOCCOCCOCCOCCOCCOCCOCCOCCOCC(=O)OC. The standard InChI is InChI=1S/C34H66O15/c1-3-4-5-6-7-8-9-33(35)49-31-30-47-27-26-45-23-22-43-19-18-41-15-14-39-11-10-38-12-13-40-16-17-42-20-21-44-24-25-46-28-29-48-32-34(36)37-2/h3-32H2,1-2H3. The van der Waals surface area contributed by atoms with Gasteiger partial charge in [-0.3, -0.25) is 4.79 Å². The Morgan fingerprint density at radius 2 is 0.633 bits per heavy atom. The Labute approximate surface area is 294 Å². The molecule has 15 heteroatoms. The third-order valence-electron chi connectivity index (χ3n) is 6.39. The van der Waals surface area contributed by atoms with E-state index in [0.29, 0.717) is 145 Å². The molecule has 0 fully saturated rings. The van der Waals surface area contributed by atoms with Gasteiger partial charge < -0.3 is 61.6 Å². The molecule has 0 aliphatic heterocycles. The summed E-state index contributed by atoms with van der Waals surface area (Å²) in [7, 11) is 1.31. The molecule has 0 aliphatic carbocycles. The van der Waals surface area contributed by atoms with Crippen LogP contribution in [0.5, 0.6) is 0 Å². The monoisotopic (exact) mass is 714 g/mol. The van der Waals surface area contributed by atoms with Crippen LogP contribution in [0.25, 0.3) is 0 Å². The highest BCUT2D eigenvalue weighted by Crippen LogP contribution is 2.07. The zero-order valence-corrected chi connectivity index (χ0v) is 30.3. The Kier molecular flexibility index (Phi) is 41.4. The molecule has 0 amide bonds. The van der Waals surface area contributed by atoms with Crippen LogP contribution in [-0.4, -0.2) is 171 Å². The molecule has 0 atom stereocenters. The van der Waals surface area contributed by atoms with Gasteiger partial charge in [0, 0.05) is 6.42 Å². The van der Waals surface area contributed by atoms with Crippen LogP contribution in [0.15, 0.2) is 0 Å². The zero-order chi connectivity index (χ0) is 35.6. The fourth-order valence-electron chi connectivity index (χ4n) is 3.75. The van der Waals surface area contributed by atoms with Crippen molar-refractivity contribution in [2.24, 2.45) is 0 Å². The minimum Gasteiger partial charge on any atom is -0.467 e. The molecule has 0 aliphatic rings. The van der Waals surface area contributed by atoms with Gasteiger partial charge in [0.1, 0.15) is 13.2 Å². The van der Waals surface area contributed by atoms with Gasteiger partial charge in [-0.15, -0.1) is 0 Å². The molecule has 0 aromatic rings. The number of unbranched alkanes of at least 4 members (excludes halogenated alkanes) is 5. The molecule has 15 nitrogen and oxygen atoms in total. The number of hydrogen-bond acceptors (Lipinski definition) is 15. The van der Waals surface area contributed by atoms with E-state index in [4.69, 9.17) is 56.8 Å². The van der Waals surface area contributed by atoms with Crippen molar-refractivity contribution < 1.29 is 71.2 Å². The van der Waals surface area contributed by atoms with E-state index in [0.717, 1.165) is 12.8 Å². The predicted molar refractivity (Wildman–Crippen MR) is 180 cm³/mol. The van der Waals surface area contributed by atoms with Crippen LogP contribution >= 0.6 is 0 Å². The van der Waals surface area contributed by atoms with Crippen molar-refractivity contribution in [3.63, 3.8) is 0 Å². The molecule has 0 radical (unpaired) electrons. The summed E-state index contributed by atoms with van der Waals surface area (Å²) in [5, 5.41) is 0. The molecule has 0 aromatic heterocycles. The van der Waals surface area contributed by atoms with Crippen LogP contribution in [0.1, 0.15) is 51.9 Å². The molecular formula is C34H66O15. The second-order valence-corrected chi connectivity index (χ2v) is 10.5. The van der Waals surface area contributed by atoms with Crippen molar-refractivity contribution >= 4 is 11.9 Å². The van der Waals surface area contributed by atoms with Gasteiger partial charge in [0.2, 0.25) is 0 Å². The van der Waals surface area contributed by atoms with Crippen LogP contribution < -0.4 is 0 Å². The minimum atomic E-state index is -0.410. The third-order valence-corrected chi connectivity index (χ3v) is 6.39. The first-order valence-electron chi connectivity index (χ1n) is 17.8. The molecular weight excluding hydrogens is 648 g/mol. The molecule has 0 rings (SSSR count). The summed E-state index contributed by atoms with van der Waals surface area (Å²) in [4.78, 5) is 22.5. The van der Waals surface area contributed by atoms with Gasteiger partial charge in [-0.2, -0.15) is 0 Å². The Balaban J connectivity index is 3.10. The summed E-state index contributed by atoms with van der Waals surface area (Å²) in [6, 6.07) is 0. The highest BCUT2D eigenvalue weighted by Gasteiger charge is 2.03. The fourth-order valence-corrected chi connectivity index (χ4v) is 3.75. The fraction of sp³-hybridized carbons (Fsp3) is 0.941. The number of hydrogen-bond donors (Lipinski definition) is 0. The van der Waals surface area contributed by atoms with Gasteiger partial charge in [0.05, 0.1) is 146 Å². The summed E-state index contributed by atoms with van der Waals surface area (Å²) in [6.45, 7) is 12.1. The Bertz CT molecular complexity index is 671. The number of esters is 2. The van der Waals surface area contributed by atoms with Crippen molar-refractivity contribution in [2.45, 2.75) is 51.9 Å². The number of carbonyl (C=O) groups is 2. The lowest BCUT2D eigenvalue weighted by molar-refractivity contribution is -0.146. The first-order chi connectivity index (χ1) is 24.2. The number of ether oxygens (including phenoxy) is 13. The molecule has 0 spiro atoms. The second-order valence-electron chi connectivity index (χ2n) is 10.5. The highest BCUT2D eigenvalue weighted by atomic mass is 16.6. The zero-order valence-electron chi connectivity index (χ0n) is 30.3. The van der Waals surface area contributed by atoms with Crippen LogP contribution in [0.4, 0.5) is 0 Å². The molecule has 0 unspecified atom stereocenters. The van der Waals surface area contributed by atoms with Gasteiger partial charge in [-0.1, -0.05) is 39.0 Å². The average molecular weight is 715 g/mol. The normalized spacial score (nSPS) is 11.3. The highest BCUT2D eigenvalue weighted by molar-refractivity contribution is 5.70. The summed E-state index contributed by atoms with van der Waals surface area (Å²) in [5.41, 5.74) is 0. The lowest BCUT2D eigenvalue weighted by Crippen LogP contribution is -2.16. The van der Waals surface area contributed by atoms with E-state index in [9.17, 15) is 9.59 Å². The largest absolute Gasteiger partial charge is 0.467 e. The summed E-state index contributed by atoms with van der Waals surface area (Å²) in [5.74, 6) is -0.558. The molecule has 0 saturated heterocycles. The van der Waals surface area contributed by atoms with E-state index in [1.54, 1.807) is 0 Å². The van der Waals surface area contributed by atoms with Crippen LogP contribution in [0.3, 0.4) is 0 Å². The van der Waals surface area contributed by atoms with E-state index in [1.165, 1.54) is 32.8 Å². The summed E-state index contributed by atoms with van der Waals surface area (Å²) >= 11 is 0. The third kappa shape index (κ3) is 42.6. The van der Waals surface area contributed by atoms with Crippen LogP contribution in [-0.2, 0) is 71.2 Å². The van der Waals surface area contributed by atoms with E-state index in [-0.39, 0.29) is 19.2 Å². The van der Waals surface area contributed by atoms with E-state index in [2.05, 4.69) is 11.7 Å². The first-order valence-corrected chi connectivity index (χ1v) is 17.8. The van der Waals surface area contributed by atoms with Gasteiger partial charge in [-0.05, 0) is 6.42 Å². The molecule has 0 aromatic carbocycles. The lowest BCUT2D eigenvalue weighted by Gasteiger charge is -2.09. The molecule has 49 heavy (non-hydrogen) atoms. The summed E-state index contributed by atoms with van der Waals surface area (Å²) < 4.78 is 69.1. The van der Waals surface area contributed by atoms with Gasteiger partial charge in [0.25, 0.3) is 0 Å². The van der Waals surface area contributed by atoms with Crippen molar-refractivity contribution in [3.05, 3.63) is 0 Å². The number of carbonyl (C=O) groups excluding carboxylic acids is 2. The van der Waals surface area contributed by atoms with E-state index in [1.807, 2.05) is 0 Å². The van der Waals surface area contributed by atoms with Crippen molar-refractivity contribution in [1.29, 1.82) is 0 Å². The average Bonchev–Trinajstić information content (AvgIpc) is 3.11. The summed E-state index contributed by atoms with van der Waals surface area (Å²) in [6.07, 6.45) is 7.40. The maximum absolute atomic E-state index is 11.7. The Hall–Kier alpha value is -1.50. The molecule has 292 valence electrons. The van der Waals surface area contributed by atoms with Gasteiger partial charge >= 0.3 is 11.9 Å². The molecule has 0 bridgehead atoms. The first kappa shape index (κ1) is 47.5. The second kappa shape index (κ2) is 42.7. The number of rotatable bonds is 42. The predicted octanol–water partition coefficient (Wildman–Crippen LogP) is 2.64. The van der Waals surface area contributed by atoms with Gasteiger partial charge in [0.15, 0.2) is 0 Å². The minimum absolute atomic E-state index is 0.0733. The van der Waals surface area contributed by atoms with E-state index < -0.39 is 5.97 Å². The lowest BCUT2D eigenvalue weighted by atomic mass is 10.1. The van der Waals surface area contributed by atoms with Crippen LogP contribution in [0.2, 0.25) is 0 Å². The molecule has 0 heterocycles. The van der Waals surface area contributed by atoms with Crippen LogP contribution in [0, 0.1) is 0 Å². The Morgan fingerprint density at radius 1 is 0.347 bits per heavy atom. The smallest absolute Gasteiger partial charge is 0.331 e. The van der Waals surface area contributed by atoms with Gasteiger partial charge in [-0.25, -0.2) is 4.79 Å². The quantitative estimate of drug-likeness (QED) is 0.0672. The maximum atomic E-state index is 11.7. The number of methoxy groups -OCH3 is 1. The van der Waals surface area contributed by atoms with Crippen molar-refractivity contribution in [1.82, 2.24) is 0 Å². The van der Waals surface area contributed by atoms with E-state index >= 15 is 0 Å². The maximum Gasteiger partial charge on any atom is 0.331 e. The van der Waals surface area contributed by atoms with Crippen molar-refractivity contribution in [2.75, 3.05) is 159 Å². The topological polar surface area (TPSA) is 154 Å². The Morgan fingerprint density at radius 3 is 0.959 bits per heavy atom. The molecule has 0 saturated carbocycles. The molecule has 0 N–H and O–H groups in total. The van der Waals surface area contributed by atoms with Crippen molar-refractivity contribution in [3.8, 4) is 0 Å².